The monoisotopic (exact) mass is 408 g/mol. The van der Waals surface area contributed by atoms with Crippen LogP contribution in [-0.2, 0) is 4.79 Å². The van der Waals surface area contributed by atoms with Crippen molar-refractivity contribution >= 4 is 23.2 Å². The topological polar surface area (TPSA) is 50.4 Å². The fourth-order valence-electron chi connectivity index (χ4n) is 3.12. The van der Waals surface area contributed by atoms with E-state index in [0.29, 0.717) is 23.1 Å². The van der Waals surface area contributed by atoms with Gasteiger partial charge in [0.1, 0.15) is 11.8 Å². The fraction of sp³-hybridized carbons (Fsp3) is 0.208. The highest BCUT2D eigenvalue weighted by molar-refractivity contribution is 6.30. The third-order valence-corrected chi connectivity index (χ3v) is 4.88. The van der Waals surface area contributed by atoms with Crippen LogP contribution in [-0.4, -0.2) is 12.5 Å². The number of rotatable bonds is 8. The summed E-state index contributed by atoms with van der Waals surface area (Å²) in [6.45, 7) is 4.47. The molecule has 3 aromatic carbocycles. The molecule has 150 valence electrons. The number of carbonyl (C=O) groups is 1. The van der Waals surface area contributed by atoms with Gasteiger partial charge >= 0.3 is 0 Å². The quantitative estimate of drug-likeness (QED) is 0.497. The zero-order valence-electron chi connectivity index (χ0n) is 16.6. The molecule has 0 aliphatic carbocycles. The summed E-state index contributed by atoms with van der Waals surface area (Å²) in [4.78, 5) is 13.2. The predicted molar refractivity (Wildman–Crippen MR) is 118 cm³/mol. The molecule has 0 fully saturated rings. The number of ether oxygens (including phenoxy) is 1. The van der Waals surface area contributed by atoms with Crippen molar-refractivity contribution in [2.75, 3.05) is 11.9 Å². The highest BCUT2D eigenvalue weighted by Gasteiger charge is 2.23. The number of halogens is 1. The first kappa shape index (κ1) is 20.9. The van der Waals surface area contributed by atoms with E-state index in [-0.39, 0.29) is 11.9 Å². The number of carbonyl (C=O) groups excluding carboxylic acids is 1. The standard InChI is InChI=1S/C24H25ClN2O2/c1-3-29-22-12-8-7-11-21(22)27-24(28)23(19-9-5-4-6-10-19)26-17(2)18-13-15-20(25)16-14-18/h4-17,23,26H,3H2,1-2H3,(H,27,28)/t17-,23+/m0/s1. The highest BCUT2D eigenvalue weighted by atomic mass is 35.5. The molecular formula is C24H25ClN2O2. The van der Waals surface area contributed by atoms with E-state index in [1.165, 1.54) is 0 Å². The molecule has 0 aliphatic heterocycles. The average molecular weight is 409 g/mol. The number of amides is 1. The number of nitrogens with one attached hydrogen (secondary N) is 2. The number of para-hydroxylation sites is 2. The van der Waals surface area contributed by atoms with Gasteiger partial charge in [-0.05, 0) is 49.2 Å². The largest absolute Gasteiger partial charge is 0.492 e. The number of hydrogen-bond donors (Lipinski definition) is 2. The van der Waals surface area contributed by atoms with Crippen molar-refractivity contribution in [2.24, 2.45) is 0 Å². The van der Waals surface area contributed by atoms with Crippen LogP contribution in [0.2, 0.25) is 5.02 Å². The van der Waals surface area contributed by atoms with E-state index in [2.05, 4.69) is 10.6 Å². The van der Waals surface area contributed by atoms with Crippen LogP contribution in [0.5, 0.6) is 5.75 Å². The minimum Gasteiger partial charge on any atom is -0.492 e. The molecule has 5 heteroatoms. The summed E-state index contributed by atoms with van der Waals surface area (Å²) in [7, 11) is 0. The lowest BCUT2D eigenvalue weighted by Gasteiger charge is -2.24. The normalized spacial score (nSPS) is 12.8. The second-order valence-electron chi connectivity index (χ2n) is 6.70. The molecule has 1 amide bonds. The van der Waals surface area contributed by atoms with Gasteiger partial charge in [0.05, 0.1) is 12.3 Å². The van der Waals surface area contributed by atoms with Crippen molar-refractivity contribution in [3.05, 3.63) is 95.0 Å². The van der Waals surface area contributed by atoms with Crippen LogP contribution in [0.25, 0.3) is 0 Å². The molecule has 0 saturated carbocycles. The Hall–Kier alpha value is -2.82. The van der Waals surface area contributed by atoms with E-state index in [1.54, 1.807) is 0 Å². The molecule has 0 heterocycles. The Morgan fingerprint density at radius 2 is 1.59 bits per heavy atom. The van der Waals surface area contributed by atoms with E-state index in [4.69, 9.17) is 16.3 Å². The first-order chi connectivity index (χ1) is 14.1. The van der Waals surface area contributed by atoms with Crippen molar-refractivity contribution in [1.82, 2.24) is 5.32 Å². The summed E-state index contributed by atoms with van der Waals surface area (Å²) in [6.07, 6.45) is 0. The van der Waals surface area contributed by atoms with Crippen LogP contribution in [0, 0.1) is 0 Å². The Balaban J connectivity index is 1.84. The number of benzene rings is 3. The second kappa shape index (κ2) is 10.1. The molecule has 0 bridgehead atoms. The first-order valence-electron chi connectivity index (χ1n) is 9.67. The third kappa shape index (κ3) is 5.59. The van der Waals surface area contributed by atoms with Gasteiger partial charge in [0.25, 0.3) is 0 Å². The smallest absolute Gasteiger partial charge is 0.246 e. The Labute approximate surface area is 176 Å². The maximum Gasteiger partial charge on any atom is 0.246 e. The average Bonchev–Trinajstić information content (AvgIpc) is 2.74. The maximum absolute atomic E-state index is 13.2. The van der Waals surface area contributed by atoms with Gasteiger partial charge in [-0.25, -0.2) is 0 Å². The maximum atomic E-state index is 13.2. The Kier molecular flexibility index (Phi) is 7.28. The molecule has 0 aromatic heterocycles. The van der Waals surface area contributed by atoms with Crippen LogP contribution < -0.4 is 15.4 Å². The van der Waals surface area contributed by atoms with Crippen LogP contribution in [0.1, 0.15) is 37.1 Å². The van der Waals surface area contributed by atoms with Gasteiger partial charge in [-0.2, -0.15) is 0 Å². The summed E-state index contributed by atoms with van der Waals surface area (Å²) in [5.41, 5.74) is 2.60. The third-order valence-electron chi connectivity index (χ3n) is 4.63. The Morgan fingerprint density at radius 3 is 2.28 bits per heavy atom. The summed E-state index contributed by atoms with van der Waals surface area (Å²) in [5.74, 6) is 0.505. The van der Waals surface area contributed by atoms with E-state index < -0.39 is 6.04 Å². The summed E-state index contributed by atoms with van der Waals surface area (Å²) in [6, 6.07) is 24.2. The van der Waals surface area contributed by atoms with Crippen molar-refractivity contribution < 1.29 is 9.53 Å². The van der Waals surface area contributed by atoms with Gasteiger partial charge in [-0.3, -0.25) is 10.1 Å². The van der Waals surface area contributed by atoms with E-state index in [9.17, 15) is 4.79 Å². The summed E-state index contributed by atoms with van der Waals surface area (Å²) in [5, 5.41) is 7.14. The van der Waals surface area contributed by atoms with Crippen molar-refractivity contribution in [3.8, 4) is 5.75 Å². The molecule has 2 atom stereocenters. The fourth-order valence-corrected chi connectivity index (χ4v) is 3.25. The lowest BCUT2D eigenvalue weighted by Crippen LogP contribution is -2.34. The molecule has 3 aromatic rings. The Morgan fingerprint density at radius 1 is 0.931 bits per heavy atom. The van der Waals surface area contributed by atoms with E-state index in [1.807, 2.05) is 92.7 Å². The van der Waals surface area contributed by atoms with Crippen molar-refractivity contribution in [2.45, 2.75) is 25.9 Å². The molecule has 0 unspecified atom stereocenters. The minimum absolute atomic E-state index is 0.0506. The zero-order valence-corrected chi connectivity index (χ0v) is 17.3. The zero-order chi connectivity index (χ0) is 20.6. The minimum atomic E-state index is -0.531. The van der Waals surface area contributed by atoms with Crippen LogP contribution in [0.3, 0.4) is 0 Å². The molecule has 0 radical (unpaired) electrons. The van der Waals surface area contributed by atoms with Gasteiger partial charge in [0.15, 0.2) is 0 Å². The van der Waals surface area contributed by atoms with Crippen molar-refractivity contribution in [3.63, 3.8) is 0 Å². The van der Waals surface area contributed by atoms with Gasteiger partial charge in [0, 0.05) is 11.1 Å². The predicted octanol–water partition coefficient (Wildman–Crippen LogP) is 5.77. The molecule has 0 spiro atoms. The highest BCUT2D eigenvalue weighted by Crippen LogP contribution is 2.27. The molecule has 0 aliphatic rings. The van der Waals surface area contributed by atoms with E-state index in [0.717, 1.165) is 11.1 Å². The van der Waals surface area contributed by atoms with Crippen LogP contribution in [0.15, 0.2) is 78.9 Å². The van der Waals surface area contributed by atoms with E-state index >= 15 is 0 Å². The van der Waals surface area contributed by atoms with Gasteiger partial charge < -0.3 is 10.1 Å². The Bertz CT molecular complexity index is 929. The number of hydrogen-bond acceptors (Lipinski definition) is 3. The molecule has 2 N–H and O–H groups in total. The lowest BCUT2D eigenvalue weighted by molar-refractivity contribution is -0.118. The van der Waals surface area contributed by atoms with Crippen molar-refractivity contribution in [1.29, 1.82) is 0 Å². The molecule has 4 nitrogen and oxygen atoms in total. The summed E-state index contributed by atoms with van der Waals surface area (Å²) < 4.78 is 5.64. The molecule has 3 rings (SSSR count). The summed E-state index contributed by atoms with van der Waals surface area (Å²) >= 11 is 6.00. The number of anilines is 1. The van der Waals surface area contributed by atoms with Crippen LogP contribution >= 0.6 is 11.6 Å². The molecular weight excluding hydrogens is 384 g/mol. The molecule has 0 saturated heterocycles. The van der Waals surface area contributed by atoms with Gasteiger partial charge in [-0.15, -0.1) is 0 Å². The van der Waals surface area contributed by atoms with Gasteiger partial charge in [-0.1, -0.05) is 66.2 Å². The van der Waals surface area contributed by atoms with Gasteiger partial charge in [0.2, 0.25) is 5.91 Å². The van der Waals surface area contributed by atoms with Crippen LogP contribution in [0.4, 0.5) is 5.69 Å². The SMILES string of the molecule is CCOc1ccccc1NC(=O)[C@H](N[C@@H](C)c1ccc(Cl)cc1)c1ccccc1. The second-order valence-corrected chi connectivity index (χ2v) is 7.14. The first-order valence-corrected chi connectivity index (χ1v) is 10.1. The molecule has 29 heavy (non-hydrogen) atoms. The lowest BCUT2D eigenvalue weighted by atomic mass is 10.0.